The third kappa shape index (κ3) is 1.59. The minimum atomic E-state index is 0.665. The molecule has 0 atom stereocenters. The summed E-state index contributed by atoms with van der Waals surface area (Å²) in [6.07, 6.45) is 0. The van der Waals surface area contributed by atoms with Crippen LogP contribution in [0.3, 0.4) is 0 Å². The van der Waals surface area contributed by atoms with E-state index in [0.717, 1.165) is 27.0 Å². The first-order valence-corrected chi connectivity index (χ1v) is 6.52. The molecule has 0 amide bonds. The zero-order chi connectivity index (χ0) is 12.5. The van der Waals surface area contributed by atoms with Crippen LogP contribution in [0.15, 0.2) is 41.8 Å². The molecule has 2 heterocycles. The molecule has 86 valence electrons. The third-order valence-electron chi connectivity index (χ3n) is 2.97. The van der Waals surface area contributed by atoms with Crippen molar-refractivity contribution in [3.8, 4) is 16.6 Å². The molecule has 0 bridgehead atoms. The van der Waals surface area contributed by atoms with E-state index in [1.807, 2.05) is 48.7 Å². The van der Waals surface area contributed by atoms with Crippen molar-refractivity contribution in [1.82, 2.24) is 4.98 Å². The molecule has 3 rings (SSSR count). The van der Waals surface area contributed by atoms with Crippen LogP contribution in [-0.2, 0) is 0 Å². The average molecular weight is 250 g/mol. The molecule has 2 aromatic heterocycles. The van der Waals surface area contributed by atoms with Crippen LogP contribution in [0.25, 0.3) is 21.3 Å². The standard InChI is InChI=1S/C15H10N2S/c1-10-11-5-2-3-6-12(11)13(9-16)15(17-10)14-7-4-8-18-14/h2-8H,1H3. The Morgan fingerprint density at radius 1 is 1.11 bits per heavy atom. The lowest BCUT2D eigenvalue weighted by Gasteiger charge is -2.08. The van der Waals surface area contributed by atoms with E-state index in [4.69, 9.17) is 0 Å². The molecule has 0 aliphatic rings. The van der Waals surface area contributed by atoms with Gasteiger partial charge in [-0.15, -0.1) is 11.3 Å². The molecule has 3 aromatic rings. The Morgan fingerprint density at radius 3 is 2.56 bits per heavy atom. The zero-order valence-corrected chi connectivity index (χ0v) is 10.7. The van der Waals surface area contributed by atoms with Gasteiger partial charge in [-0.2, -0.15) is 5.26 Å². The maximum Gasteiger partial charge on any atom is 0.102 e. The maximum absolute atomic E-state index is 9.42. The fraction of sp³-hybridized carbons (Fsp3) is 0.0667. The molecule has 0 spiro atoms. The van der Waals surface area contributed by atoms with Crippen molar-refractivity contribution < 1.29 is 0 Å². The Labute approximate surface area is 109 Å². The highest BCUT2D eigenvalue weighted by atomic mass is 32.1. The van der Waals surface area contributed by atoms with Crippen molar-refractivity contribution >= 4 is 22.1 Å². The van der Waals surface area contributed by atoms with Crippen molar-refractivity contribution in [2.75, 3.05) is 0 Å². The molecule has 0 saturated heterocycles. The molecule has 0 radical (unpaired) electrons. The van der Waals surface area contributed by atoms with Gasteiger partial charge in [-0.3, -0.25) is 4.98 Å². The second kappa shape index (κ2) is 4.25. The third-order valence-corrected chi connectivity index (χ3v) is 3.85. The van der Waals surface area contributed by atoms with Crippen molar-refractivity contribution in [2.24, 2.45) is 0 Å². The van der Waals surface area contributed by atoms with Crippen LogP contribution >= 0.6 is 11.3 Å². The lowest BCUT2D eigenvalue weighted by Crippen LogP contribution is -1.93. The highest BCUT2D eigenvalue weighted by Crippen LogP contribution is 2.31. The number of nitrogens with zero attached hydrogens (tertiary/aromatic N) is 2. The molecular weight excluding hydrogens is 240 g/mol. The summed E-state index contributed by atoms with van der Waals surface area (Å²) in [5, 5.41) is 13.5. The molecule has 0 N–H and O–H groups in total. The molecule has 0 aliphatic carbocycles. The van der Waals surface area contributed by atoms with E-state index in [1.54, 1.807) is 11.3 Å². The molecule has 0 aliphatic heterocycles. The van der Waals surface area contributed by atoms with E-state index < -0.39 is 0 Å². The Balaban J connectivity index is 2.44. The van der Waals surface area contributed by atoms with Crippen molar-refractivity contribution in [2.45, 2.75) is 6.92 Å². The molecule has 0 saturated carbocycles. The van der Waals surface area contributed by atoms with E-state index in [9.17, 15) is 5.26 Å². The monoisotopic (exact) mass is 250 g/mol. The van der Waals surface area contributed by atoms with Gasteiger partial charge in [0.05, 0.1) is 16.1 Å². The van der Waals surface area contributed by atoms with E-state index in [1.165, 1.54) is 0 Å². The summed E-state index contributed by atoms with van der Waals surface area (Å²) in [5.41, 5.74) is 2.43. The van der Waals surface area contributed by atoms with Gasteiger partial charge in [-0.1, -0.05) is 30.3 Å². The van der Waals surface area contributed by atoms with Crippen molar-refractivity contribution in [1.29, 1.82) is 5.26 Å². The first kappa shape index (κ1) is 10.9. The minimum Gasteiger partial charge on any atom is -0.250 e. The van der Waals surface area contributed by atoms with E-state index in [-0.39, 0.29) is 0 Å². The maximum atomic E-state index is 9.42. The number of thiophene rings is 1. The summed E-state index contributed by atoms with van der Waals surface area (Å²) >= 11 is 1.61. The van der Waals surface area contributed by atoms with Gasteiger partial charge in [0, 0.05) is 16.5 Å². The van der Waals surface area contributed by atoms with Gasteiger partial charge in [-0.25, -0.2) is 0 Å². The Bertz CT molecular complexity index is 752. The Morgan fingerprint density at radius 2 is 1.89 bits per heavy atom. The predicted octanol–water partition coefficient (Wildman–Crippen LogP) is 4.14. The molecule has 1 aromatic carbocycles. The molecule has 0 unspecified atom stereocenters. The quantitative estimate of drug-likeness (QED) is 0.650. The highest BCUT2D eigenvalue weighted by molar-refractivity contribution is 7.13. The fourth-order valence-corrected chi connectivity index (χ4v) is 2.85. The number of benzene rings is 1. The van der Waals surface area contributed by atoms with Gasteiger partial charge in [0.2, 0.25) is 0 Å². The lowest BCUT2D eigenvalue weighted by atomic mass is 10.0. The number of hydrogen-bond acceptors (Lipinski definition) is 3. The summed E-state index contributed by atoms with van der Waals surface area (Å²) in [5.74, 6) is 0. The van der Waals surface area contributed by atoms with Gasteiger partial charge >= 0.3 is 0 Å². The average Bonchev–Trinajstić information content (AvgIpc) is 2.92. The molecule has 18 heavy (non-hydrogen) atoms. The number of aryl methyl sites for hydroxylation is 1. The van der Waals surface area contributed by atoms with Gasteiger partial charge < -0.3 is 0 Å². The van der Waals surface area contributed by atoms with E-state index >= 15 is 0 Å². The van der Waals surface area contributed by atoms with Gasteiger partial charge in [0.15, 0.2) is 0 Å². The van der Waals surface area contributed by atoms with E-state index in [0.29, 0.717) is 5.56 Å². The predicted molar refractivity (Wildman–Crippen MR) is 74.5 cm³/mol. The number of pyridine rings is 1. The van der Waals surface area contributed by atoms with Crippen LogP contribution in [0.1, 0.15) is 11.3 Å². The van der Waals surface area contributed by atoms with Gasteiger partial charge in [0.1, 0.15) is 6.07 Å². The minimum absolute atomic E-state index is 0.665. The lowest BCUT2D eigenvalue weighted by molar-refractivity contribution is 1.23. The first-order valence-electron chi connectivity index (χ1n) is 5.64. The summed E-state index contributed by atoms with van der Waals surface area (Å²) in [4.78, 5) is 5.64. The molecular formula is C15H10N2S. The number of aromatic nitrogens is 1. The number of fused-ring (bicyclic) bond motifs is 1. The van der Waals surface area contributed by atoms with Crippen LogP contribution in [0, 0.1) is 18.3 Å². The first-order chi connectivity index (χ1) is 8.81. The summed E-state index contributed by atoms with van der Waals surface area (Å²) < 4.78 is 0. The highest BCUT2D eigenvalue weighted by Gasteiger charge is 2.13. The molecule has 3 heteroatoms. The number of hydrogen-bond donors (Lipinski definition) is 0. The van der Waals surface area contributed by atoms with Gasteiger partial charge in [0.25, 0.3) is 0 Å². The topological polar surface area (TPSA) is 36.7 Å². The summed E-state index contributed by atoms with van der Waals surface area (Å²) in [6.45, 7) is 1.99. The van der Waals surface area contributed by atoms with Crippen LogP contribution in [0.2, 0.25) is 0 Å². The second-order valence-corrected chi connectivity index (χ2v) is 5.00. The fourth-order valence-electron chi connectivity index (χ4n) is 2.13. The Kier molecular flexibility index (Phi) is 2.58. The smallest absolute Gasteiger partial charge is 0.102 e. The van der Waals surface area contributed by atoms with Crippen molar-refractivity contribution in [3.63, 3.8) is 0 Å². The number of nitriles is 1. The van der Waals surface area contributed by atoms with Crippen LogP contribution < -0.4 is 0 Å². The Hall–Kier alpha value is -2.18. The van der Waals surface area contributed by atoms with Crippen LogP contribution in [0.5, 0.6) is 0 Å². The van der Waals surface area contributed by atoms with E-state index in [2.05, 4.69) is 11.1 Å². The SMILES string of the molecule is Cc1nc(-c2cccs2)c(C#N)c2ccccc12. The van der Waals surface area contributed by atoms with Crippen LogP contribution in [-0.4, -0.2) is 4.98 Å². The van der Waals surface area contributed by atoms with Crippen molar-refractivity contribution in [3.05, 3.63) is 53.0 Å². The van der Waals surface area contributed by atoms with Gasteiger partial charge in [-0.05, 0) is 18.4 Å². The van der Waals surface area contributed by atoms with Crippen LogP contribution in [0.4, 0.5) is 0 Å². The number of rotatable bonds is 1. The molecule has 0 fully saturated rings. The largest absolute Gasteiger partial charge is 0.250 e. The summed E-state index contributed by atoms with van der Waals surface area (Å²) in [7, 11) is 0. The second-order valence-electron chi connectivity index (χ2n) is 4.06. The summed E-state index contributed by atoms with van der Waals surface area (Å²) in [6, 6.07) is 14.2. The normalized spacial score (nSPS) is 10.4. The zero-order valence-electron chi connectivity index (χ0n) is 9.84. The molecule has 2 nitrogen and oxygen atoms in total.